The fourth-order valence-electron chi connectivity index (χ4n) is 3.66. The first-order valence-corrected chi connectivity index (χ1v) is 10.8. The van der Waals surface area contributed by atoms with Gasteiger partial charge in [0.2, 0.25) is 0 Å². The Hall–Kier alpha value is -3.59. The molecular formula is C23H23ClFN5O3. The third kappa shape index (κ3) is 5.25. The van der Waals surface area contributed by atoms with E-state index in [0.29, 0.717) is 54.1 Å². The lowest BCUT2D eigenvalue weighted by molar-refractivity contribution is 0.215. The predicted octanol–water partition coefficient (Wildman–Crippen LogP) is 3.78. The first-order valence-electron chi connectivity index (χ1n) is 10.5. The van der Waals surface area contributed by atoms with Gasteiger partial charge in [0.25, 0.3) is 5.56 Å². The third-order valence-corrected chi connectivity index (χ3v) is 5.60. The Morgan fingerprint density at radius 1 is 1.06 bits per heavy atom. The van der Waals surface area contributed by atoms with Gasteiger partial charge in [0.15, 0.2) is 0 Å². The summed E-state index contributed by atoms with van der Waals surface area (Å²) in [5.41, 5.74) is 0.676. The van der Waals surface area contributed by atoms with Crippen LogP contribution in [0.4, 0.5) is 20.7 Å². The van der Waals surface area contributed by atoms with Gasteiger partial charge in [-0.1, -0.05) is 11.6 Å². The molecule has 0 unspecified atom stereocenters. The molecule has 1 saturated heterocycles. The Balaban J connectivity index is 1.47. The van der Waals surface area contributed by atoms with Crippen molar-refractivity contribution in [3.63, 3.8) is 0 Å². The number of anilines is 2. The van der Waals surface area contributed by atoms with Crippen molar-refractivity contribution in [2.75, 3.05) is 43.5 Å². The molecule has 0 bridgehead atoms. The molecule has 10 heteroatoms. The molecule has 0 saturated carbocycles. The van der Waals surface area contributed by atoms with Gasteiger partial charge in [-0.3, -0.25) is 4.79 Å². The number of amides is 2. The van der Waals surface area contributed by atoms with Crippen LogP contribution in [0.2, 0.25) is 5.02 Å². The molecule has 1 fully saturated rings. The normalized spacial score (nSPS) is 14.0. The van der Waals surface area contributed by atoms with Gasteiger partial charge in [-0.2, -0.15) is 4.68 Å². The van der Waals surface area contributed by atoms with E-state index in [2.05, 4.69) is 10.4 Å². The molecule has 1 aromatic heterocycles. The number of nitrogens with one attached hydrogen (secondary N) is 1. The van der Waals surface area contributed by atoms with E-state index in [1.165, 1.54) is 42.1 Å². The molecule has 2 aromatic carbocycles. The first kappa shape index (κ1) is 22.6. The number of ether oxygens (including phenoxy) is 1. The lowest BCUT2D eigenvalue weighted by atomic mass is 10.3. The summed E-state index contributed by atoms with van der Waals surface area (Å²) in [7, 11) is 1.53. The Labute approximate surface area is 195 Å². The number of carbonyl (C=O) groups is 1. The molecule has 4 rings (SSSR count). The lowest BCUT2D eigenvalue weighted by Crippen LogP contribution is -2.38. The maximum absolute atomic E-state index is 13.3. The highest BCUT2D eigenvalue weighted by molar-refractivity contribution is 6.31. The van der Waals surface area contributed by atoms with Gasteiger partial charge >= 0.3 is 6.03 Å². The molecule has 0 radical (unpaired) electrons. The monoisotopic (exact) mass is 471 g/mol. The van der Waals surface area contributed by atoms with E-state index in [0.717, 1.165) is 6.42 Å². The third-order valence-electron chi connectivity index (χ3n) is 5.37. The van der Waals surface area contributed by atoms with Gasteiger partial charge in [0.05, 0.1) is 18.5 Å². The summed E-state index contributed by atoms with van der Waals surface area (Å²) in [5.74, 6) is 0.748. The molecule has 0 atom stereocenters. The van der Waals surface area contributed by atoms with Gasteiger partial charge in [-0.15, -0.1) is 5.10 Å². The zero-order chi connectivity index (χ0) is 23.4. The summed E-state index contributed by atoms with van der Waals surface area (Å²) < 4.78 is 19.8. The molecule has 3 aromatic rings. The molecule has 8 nitrogen and oxygen atoms in total. The Morgan fingerprint density at radius 2 is 1.85 bits per heavy atom. The molecular weight excluding hydrogens is 449 g/mol. The number of nitrogens with zero attached hydrogens (tertiary/aromatic N) is 4. The highest BCUT2D eigenvalue weighted by Gasteiger charge is 2.21. The van der Waals surface area contributed by atoms with Gasteiger partial charge < -0.3 is 19.9 Å². The smallest absolute Gasteiger partial charge is 0.322 e. The van der Waals surface area contributed by atoms with Crippen LogP contribution in [0, 0.1) is 5.82 Å². The van der Waals surface area contributed by atoms with Crippen LogP contribution in [0.3, 0.4) is 0 Å². The van der Waals surface area contributed by atoms with Crippen molar-refractivity contribution in [1.29, 1.82) is 0 Å². The number of carbonyl (C=O) groups excluding carboxylic acids is 1. The maximum atomic E-state index is 13.3. The summed E-state index contributed by atoms with van der Waals surface area (Å²) in [6.07, 6.45) is 0.720. The average molecular weight is 472 g/mol. The second-order valence-corrected chi connectivity index (χ2v) is 7.96. The van der Waals surface area contributed by atoms with Crippen molar-refractivity contribution < 1.29 is 13.9 Å². The van der Waals surface area contributed by atoms with Crippen LogP contribution in [0.5, 0.6) is 5.75 Å². The van der Waals surface area contributed by atoms with Crippen LogP contribution in [0.15, 0.2) is 59.4 Å². The van der Waals surface area contributed by atoms with Crippen molar-refractivity contribution >= 4 is 29.1 Å². The zero-order valence-electron chi connectivity index (χ0n) is 18.0. The van der Waals surface area contributed by atoms with E-state index in [1.807, 2.05) is 4.90 Å². The average Bonchev–Trinajstić information content (AvgIpc) is 3.07. The summed E-state index contributed by atoms with van der Waals surface area (Å²) in [4.78, 5) is 28.9. The minimum Gasteiger partial charge on any atom is -0.495 e. The number of aromatic nitrogens is 2. The number of hydrogen-bond donors (Lipinski definition) is 1. The van der Waals surface area contributed by atoms with E-state index in [1.54, 1.807) is 29.2 Å². The fourth-order valence-corrected chi connectivity index (χ4v) is 3.83. The lowest BCUT2D eigenvalue weighted by Gasteiger charge is -2.23. The Kier molecular flexibility index (Phi) is 6.79. The second kappa shape index (κ2) is 9.91. The van der Waals surface area contributed by atoms with Crippen molar-refractivity contribution in [3.05, 3.63) is 75.8 Å². The van der Waals surface area contributed by atoms with Crippen LogP contribution < -0.4 is 20.5 Å². The SMILES string of the molecule is COc1ccc(Cl)cc1NC(=O)N1CCCN(c2ccc(=O)n(-c3ccc(F)cc3)n2)CC1. The molecule has 33 heavy (non-hydrogen) atoms. The van der Waals surface area contributed by atoms with E-state index in [9.17, 15) is 14.0 Å². The van der Waals surface area contributed by atoms with Gasteiger partial charge in [-0.05, 0) is 55.0 Å². The van der Waals surface area contributed by atoms with Crippen molar-refractivity contribution in [3.8, 4) is 11.4 Å². The Morgan fingerprint density at radius 3 is 2.61 bits per heavy atom. The molecule has 0 aliphatic carbocycles. The van der Waals surface area contributed by atoms with E-state index >= 15 is 0 Å². The van der Waals surface area contributed by atoms with Gasteiger partial charge in [0.1, 0.15) is 17.4 Å². The van der Waals surface area contributed by atoms with Crippen molar-refractivity contribution in [1.82, 2.24) is 14.7 Å². The largest absolute Gasteiger partial charge is 0.495 e. The van der Waals surface area contributed by atoms with Crippen molar-refractivity contribution in [2.24, 2.45) is 0 Å². The molecule has 1 aliphatic heterocycles. The van der Waals surface area contributed by atoms with Gasteiger partial charge in [0, 0.05) is 37.3 Å². The molecule has 2 heterocycles. The Bertz CT molecular complexity index is 1200. The zero-order valence-corrected chi connectivity index (χ0v) is 18.8. The number of methoxy groups -OCH3 is 1. The van der Waals surface area contributed by atoms with E-state index in [-0.39, 0.29) is 17.4 Å². The number of benzene rings is 2. The minimum atomic E-state index is -0.385. The summed E-state index contributed by atoms with van der Waals surface area (Å²) in [6.45, 7) is 2.22. The minimum absolute atomic E-state index is 0.248. The standard InChI is InChI=1S/C23H23ClFN5O3/c1-33-20-8-3-16(24)15-19(20)26-23(32)29-12-2-11-28(13-14-29)21-9-10-22(31)30(27-21)18-6-4-17(25)5-7-18/h3-10,15H,2,11-14H2,1H3,(H,26,32). The fraction of sp³-hybridized carbons (Fsp3) is 0.261. The number of hydrogen-bond acceptors (Lipinski definition) is 5. The second-order valence-electron chi connectivity index (χ2n) is 7.52. The molecule has 1 N–H and O–H groups in total. The van der Waals surface area contributed by atoms with Crippen LogP contribution in [0.1, 0.15) is 6.42 Å². The van der Waals surface area contributed by atoms with E-state index < -0.39 is 0 Å². The van der Waals surface area contributed by atoms with Crippen LogP contribution in [-0.4, -0.2) is 54.0 Å². The molecule has 172 valence electrons. The van der Waals surface area contributed by atoms with Crippen LogP contribution in [-0.2, 0) is 0 Å². The van der Waals surface area contributed by atoms with Crippen LogP contribution in [0.25, 0.3) is 5.69 Å². The molecule has 1 aliphatic rings. The highest BCUT2D eigenvalue weighted by atomic mass is 35.5. The molecule has 0 spiro atoms. The highest BCUT2D eigenvalue weighted by Crippen LogP contribution is 2.28. The summed E-state index contributed by atoms with van der Waals surface area (Å²) >= 11 is 6.06. The summed E-state index contributed by atoms with van der Waals surface area (Å²) in [5, 5.41) is 7.83. The van der Waals surface area contributed by atoms with E-state index in [4.69, 9.17) is 16.3 Å². The van der Waals surface area contributed by atoms with Gasteiger partial charge in [-0.25, -0.2) is 9.18 Å². The number of urea groups is 1. The van der Waals surface area contributed by atoms with Crippen molar-refractivity contribution in [2.45, 2.75) is 6.42 Å². The number of rotatable bonds is 4. The quantitative estimate of drug-likeness (QED) is 0.626. The number of halogens is 2. The predicted molar refractivity (Wildman–Crippen MR) is 125 cm³/mol. The summed E-state index contributed by atoms with van der Waals surface area (Å²) in [6, 6.07) is 13.5. The topological polar surface area (TPSA) is 79.7 Å². The van der Waals surface area contributed by atoms with Crippen LogP contribution >= 0.6 is 11.6 Å². The molecule has 2 amide bonds. The maximum Gasteiger partial charge on any atom is 0.322 e. The first-order chi connectivity index (χ1) is 15.9.